The number of aromatic nitrogens is 1. The highest BCUT2D eigenvalue weighted by molar-refractivity contribution is 5.91. The lowest BCUT2D eigenvalue weighted by Crippen LogP contribution is -2.02. The van der Waals surface area contributed by atoms with Crippen molar-refractivity contribution in [3.8, 4) is 11.5 Å². The molecule has 0 saturated heterocycles. The van der Waals surface area contributed by atoms with Crippen LogP contribution < -0.4 is 15.8 Å². The third-order valence-corrected chi connectivity index (χ3v) is 3.27. The molecule has 0 fully saturated rings. The number of nitrogens with two attached hydrogens (primary N) is 1. The van der Waals surface area contributed by atoms with Gasteiger partial charge in [0.1, 0.15) is 17.3 Å². The fourth-order valence-electron chi connectivity index (χ4n) is 2.13. The zero-order valence-electron chi connectivity index (χ0n) is 15.9. The summed E-state index contributed by atoms with van der Waals surface area (Å²) in [4.78, 5) is 4.04. The summed E-state index contributed by atoms with van der Waals surface area (Å²) in [5.41, 5.74) is 8.02. The second kappa shape index (κ2) is 9.97. The first kappa shape index (κ1) is 20.0. The van der Waals surface area contributed by atoms with Crippen LogP contribution in [0, 0.1) is 11.3 Å². The maximum absolute atomic E-state index is 7.44. The fraction of sp³-hybridized carbons (Fsp3) is 0.182. The summed E-state index contributed by atoms with van der Waals surface area (Å²) in [5, 5.41) is 10.6. The average molecular weight is 362 g/mol. The Kier molecular flexibility index (Phi) is 7.37. The van der Waals surface area contributed by atoms with Gasteiger partial charge in [0.25, 0.3) is 0 Å². The number of hydrogen-bond acceptors (Lipinski definition) is 5. The lowest BCUT2D eigenvalue weighted by Gasteiger charge is -2.12. The summed E-state index contributed by atoms with van der Waals surface area (Å²) in [7, 11) is 0. The van der Waals surface area contributed by atoms with Crippen molar-refractivity contribution >= 4 is 23.4 Å². The van der Waals surface area contributed by atoms with E-state index in [0.717, 1.165) is 23.1 Å². The number of benzene rings is 2. The lowest BCUT2D eigenvalue weighted by atomic mass is 10.2. The Morgan fingerprint density at radius 2 is 1.56 bits per heavy atom. The van der Waals surface area contributed by atoms with Crippen molar-refractivity contribution in [2.45, 2.75) is 20.8 Å². The van der Waals surface area contributed by atoms with Crippen molar-refractivity contribution in [2.24, 2.45) is 5.92 Å². The Labute approximate surface area is 160 Å². The maximum Gasteiger partial charge on any atom is 0.147 e. The Morgan fingerprint density at radius 1 is 0.963 bits per heavy atom. The highest BCUT2D eigenvalue weighted by Gasteiger charge is 2.06. The Morgan fingerprint density at radius 3 is 2.15 bits per heavy atom. The van der Waals surface area contributed by atoms with Gasteiger partial charge in [0, 0.05) is 23.7 Å². The predicted molar refractivity (Wildman–Crippen MR) is 113 cm³/mol. The van der Waals surface area contributed by atoms with Crippen LogP contribution in [0.4, 0.5) is 17.2 Å². The largest absolute Gasteiger partial charge is 0.457 e. The molecule has 0 radical (unpaired) electrons. The summed E-state index contributed by atoms with van der Waals surface area (Å²) >= 11 is 0. The zero-order valence-corrected chi connectivity index (χ0v) is 15.9. The molecule has 0 spiro atoms. The third kappa shape index (κ3) is 6.47. The molecule has 3 rings (SSSR count). The van der Waals surface area contributed by atoms with E-state index in [1.807, 2.05) is 54.6 Å². The number of nitrogens with zero attached hydrogens (tertiary/aromatic N) is 1. The third-order valence-electron chi connectivity index (χ3n) is 3.27. The van der Waals surface area contributed by atoms with Gasteiger partial charge in [0.15, 0.2) is 0 Å². The summed E-state index contributed by atoms with van der Waals surface area (Å²) in [6, 6.07) is 18.8. The van der Waals surface area contributed by atoms with E-state index >= 15 is 0 Å². The van der Waals surface area contributed by atoms with Crippen LogP contribution in [-0.2, 0) is 0 Å². The van der Waals surface area contributed by atoms with Gasteiger partial charge in [-0.25, -0.2) is 4.98 Å². The van der Waals surface area contributed by atoms with Crippen LogP contribution in [-0.4, -0.2) is 11.2 Å². The van der Waals surface area contributed by atoms with Crippen LogP contribution in [0.15, 0.2) is 66.9 Å². The molecule has 3 aromatic rings. The first-order valence-electron chi connectivity index (χ1n) is 8.84. The van der Waals surface area contributed by atoms with Crippen LogP contribution in [0.1, 0.15) is 26.3 Å². The van der Waals surface area contributed by atoms with Gasteiger partial charge in [-0.3, -0.25) is 0 Å². The van der Waals surface area contributed by atoms with E-state index in [0.29, 0.717) is 17.1 Å². The molecule has 4 N–H and O–H groups in total. The number of rotatable bonds is 5. The molecule has 0 atom stereocenters. The molecule has 0 aliphatic rings. The number of pyridine rings is 1. The maximum atomic E-state index is 7.44. The first-order chi connectivity index (χ1) is 13.0. The van der Waals surface area contributed by atoms with Gasteiger partial charge in [-0.05, 0) is 48.4 Å². The summed E-state index contributed by atoms with van der Waals surface area (Å²) in [6.07, 6.45) is 2.82. The number of ether oxygens (including phenoxy) is 1. The van der Waals surface area contributed by atoms with Gasteiger partial charge in [0.05, 0.1) is 5.69 Å². The van der Waals surface area contributed by atoms with Gasteiger partial charge in [-0.2, -0.15) is 0 Å². The van der Waals surface area contributed by atoms with Crippen molar-refractivity contribution in [1.29, 1.82) is 5.41 Å². The first-order valence-corrected chi connectivity index (χ1v) is 8.84. The summed E-state index contributed by atoms with van der Waals surface area (Å²) in [5.74, 6) is 2.72. The minimum atomic E-state index is 0.357. The molecule has 0 aliphatic heterocycles. The van der Waals surface area contributed by atoms with E-state index in [1.54, 1.807) is 12.3 Å². The molecular weight excluding hydrogens is 336 g/mol. The van der Waals surface area contributed by atoms with E-state index in [9.17, 15) is 0 Å². The molecule has 0 aliphatic carbocycles. The van der Waals surface area contributed by atoms with E-state index in [4.69, 9.17) is 15.9 Å². The average Bonchev–Trinajstić information content (AvgIpc) is 2.65. The fourth-order valence-corrected chi connectivity index (χ4v) is 2.13. The highest BCUT2D eigenvalue weighted by Crippen LogP contribution is 2.27. The molecule has 1 heterocycles. The van der Waals surface area contributed by atoms with Crippen LogP contribution >= 0.6 is 0 Å². The van der Waals surface area contributed by atoms with Crippen LogP contribution in [0.2, 0.25) is 0 Å². The van der Waals surface area contributed by atoms with Crippen LogP contribution in [0.3, 0.4) is 0 Å². The second-order valence-corrected chi connectivity index (χ2v) is 6.60. The standard InChI is InChI=1S/C18H16N4O.C4H10/c19-12-13-10-11-21-18(20)17(13)22-14-6-8-16(9-7-14)23-15-4-2-1-3-5-15;1-4(2)3/h1-12,19,22H,(H2,20,21);4H,1-3H3. The highest BCUT2D eigenvalue weighted by atomic mass is 16.5. The van der Waals surface area contributed by atoms with E-state index in [-0.39, 0.29) is 0 Å². The quantitative estimate of drug-likeness (QED) is 0.496. The van der Waals surface area contributed by atoms with E-state index in [2.05, 4.69) is 31.1 Å². The topological polar surface area (TPSA) is 84.0 Å². The summed E-state index contributed by atoms with van der Waals surface area (Å²) in [6.45, 7) is 6.50. The predicted octanol–water partition coefficient (Wildman–Crippen LogP) is 5.86. The number of para-hydroxylation sites is 1. The minimum absolute atomic E-state index is 0.357. The lowest BCUT2D eigenvalue weighted by molar-refractivity contribution is 0.483. The second-order valence-electron chi connectivity index (χ2n) is 6.60. The molecule has 5 nitrogen and oxygen atoms in total. The van der Waals surface area contributed by atoms with Gasteiger partial charge >= 0.3 is 0 Å². The minimum Gasteiger partial charge on any atom is -0.457 e. The zero-order chi connectivity index (χ0) is 19.6. The Balaban J connectivity index is 0.000000596. The van der Waals surface area contributed by atoms with Crippen molar-refractivity contribution < 1.29 is 4.74 Å². The number of nitrogens with one attached hydrogen (secondary N) is 2. The van der Waals surface area contributed by atoms with Crippen LogP contribution in [0.25, 0.3) is 0 Å². The molecule has 0 unspecified atom stereocenters. The van der Waals surface area contributed by atoms with Crippen molar-refractivity contribution in [3.63, 3.8) is 0 Å². The van der Waals surface area contributed by atoms with Gasteiger partial charge in [-0.15, -0.1) is 0 Å². The van der Waals surface area contributed by atoms with E-state index < -0.39 is 0 Å². The molecule has 0 bridgehead atoms. The Hall–Kier alpha value is -3.34. The molecule has 0 amide bonds. The van der Waals surface area contributed by atoms with Gasteiger partial charge in [0.2, 0.25) is 0 Å². The molecule has 140 valence electrons. The van der Waals surface area contributed by atoms with E-state index in [1.165, 1.54) is 6.21 Å². The van der Waals surface area contributed by atoms with Gasteiger partial charge < -0.3 is 21.2 Å². The molecular formula is C22H26N4O. The summed E-state index contributed by atoms with van der Waals surface area (Å²) < 4.78 is 5.75. The monoisotopic (exact) mass is 362 g/mol. The SMILES string of the molecule is CC(C)C.N=Cc1ccnc(N)c1Nc1ccc(Oc2ccccc2)cc1. The van der Waals surface area contributed by atoms with Crippen molar-refractivity contribution in [3.05, 3.63) is 72.4 Å². The number of anilines is 3. The van der Waals surface area contributed by atoms with Gasteiger partial charge in [-0.1, -0.05) is 39.0 Å². The molecule has 2 aromatic carbocycles. The molecule has 5 heteroatoms. The smallest absolute Gasteiger partial charge is 0.147 e. The normalized spacial score (nSPS) is 9.93. The number of nitrogen functional groups attached to an aromatic ring is 1. The number of hydrogen-bond donors (Lipinski definition) is 3. The molecule has 27 heavy (non-hydrogen) atoms. The Bertz CT molecular complexity index is 843. The van der Waals surface area contributed by atoms with Crippen LogP contribution in [0.5, 0.6) is 11.5 Å². The molecule has 1 aromatic heterocycles. The molecule has 0 saturated carbocycles. The van der Waals surface area contributed by atoms with Crippen molar-refractivity contribution in [2.75, 3.05) is 11.1 Å². The van der Waals surface area contributed by atoms with Crippen molar-refractivity contribution in [1.82, 2.24) is 4.98 Å².